The molecule has 19 heavy (non-hydrogen) atoms. The van der Waals surface area contributed by atoms with Gasteiger partial charge in [0.15, 0.2) is 0 Å². The van der Waals surface area contributed by atoms with Gasteiger partial charge in [0.1, 0.15) is 18.7 Å². The van der Waals surface area contributed by atoms with E-state index in [0.29, 0.717) is 12.6 Å². The second-order valence-electron chi connectivity index (χ2n) is 5.75. The lowest BCUT2D eigenvalue weighted by atomic mass is 10.4. The Bertz CT molecular complexity index is 548. The fourth-order valence-electron chi connectivity index (χ4n) is 1.79. The maximum atomic E-state index is 5.73. The second-order valence-corrected chi connectivity index (χ2v) is 11.4. The SMILES string of the molecule is COc1ncnc2c1ccn2COCC[Si](C)(C)C. The van der Waals surface area contributed by atoms with Crippen LogP contribution in [0.4, 0.5) is 0 Å². The maximum absolute atomic E-state index is 5.73. The highest BCUT2D eigenvalue weighted by molar-refractivity contribution is 6.76. The summed E-state index contributed by atoms with van der Waals surface area (Å²) in [5.41, 5.74) is 0.847. The molecule has 0 aliphatic rings. The summed E-state index contributed by atoms with van der Waals surface area (Å²) in [4.78, 5) is 8.36. The zero-order valence-electron chi connectivity index (χ0n) is 12.0. The van der Waals surface area contributed by atoms with Crippen LogP contribution >= 0.6 is 0 Å². The number of ether oxygens (including phenoxy) is 2. The van der Waals surface area contributed by atoms with E-state index in [1.54, 1.807) is 7.11 Å². The van der Waals surface area contributed by atoms with Gasteiger partial charge in [0.25, 0.3) is 0 Å². The van der Waals surface area contributed by atoms with Gasteiger partial charge in [-0.15, -0.1) is 0 Å². The zero-order chi connectivity index (χ0) is 13.9. The van der Waals surface area contributed by atoms with Crippen LogP contribution in [0.25, 0.3) is 11.0 Å². The van der Waals surface area contributed by atoms with Crippen molar-refractivity contribution < 1.29 is 9.47 Å². The van der Waals surface area contributed by atoms with Crippen molar-refractivity contribution >= 4 is 19.1 Å². The molecule has 104 valence electrons. The van der Waals surface area contributed by atoms with Crippen LogP contribution in [-0.2, 0) is 11.5 Å². The molecule has 0 aliphatic heterocycles. The Kier molecular flexibility index (Phi) is 4.21. The van der Waals surface area contributed by atoms with E-state index in [0.717, 1.165) is 17.6 Å². The fourth-order valence-corrected chi connectivity index (χ4v) is 2.55. The lowest BCUT2D eigenvalue weighted by Crippen LogP contribution is -2.22. The predicted molar refractivity (Wildman–Crippen MR) is 78.2 cm³/mol. The Morgan fingerprint density at radius 2 is 2.05 bits per heavy atom. The standard InChI is InChI=1S/C13H21N3O2Si/c1-17-13-11-5-6-16(12(11)14-9-15-13)10-18-7-8-19(2,3)4/h5-6,9H,7-8,10H2,1-4H3. The van der Waals surface area contributed by atoms with E-state index >= 15 is 0 Å². The third kappa shape index (κ3) is 3.54. The van der Waals surface area contributed by atoms with Crippen molar-refractivity contribution in [3.05, 3.63) is 18.6 Å². The molecule has 0 atom stereocenters. The first kappa shape index (κ1) is 14.0. The van der Waals surface area contributed by atoms with Gasteiger partial charge in [-0.2, -0.15) is 0 Å². The number of fused-ring (bicyclic) bond motifs is 1. The summed E-state index contributed by atoms with van der Waals surface area (Å²) in [5, 5.41) is 0.916. The summed E-state index contributed by atoms with van der Waals surface area (Å²) in [6.07, 6.45) is 3.47. The Morgan fingerprint density at radius 3 is 2.74 bits per heavy atom. The van der Waals surface area contributed by atoms with Gasteiger partial charge in [-0.1, -0.05) is 19.6 Å². The number of rotatable bonds is 6. The molecule has 0 unspecified atom stereocenters. The van der Waals surface area contributed by atoms with E-state index in [1.807, 2.05) is 16.8 Å². The van der Waals surface area contributed by atoms with Crippen LogP contribution < -0.4 is 4.74 Å². The molecule has 0 aromatic carbocycles. The number of methoxy groups -OCH3 is 1. The van der Waals surface area contributed by atoms with Gasteiger partial charge >= 0.3 is 0 Å². The molecule has 6 heteroatoms. The molecule has 0 saturated heterocycles. The van der Waals surface area contributed by atoms with Gasteiger partial charge in [-0.25, -0.2) is 9.97 Å². The monoisotopic (exact) mass is 279 g/mol. The van der Waals surface area contributed by atoms with Crippen LogP contribution in [0.5, 0.6) is 5.88 Å². The Balaban J connectivity index is 2.02. The molecular formula is C13H21N3O2Si. The van der Waals surface area contributed by atoms with Gasteiger partial charge in [-0.3, -0.25) is 0 Å². The van der Waals surface area contributed by atoms with E-state index in [9.17, 15) is 0 Å². The molecule has 0 saturated carbocycles. The molecule has 0 bridgehead atoms. The molecule has 0 spiro atoms. The van der Waals surface area contributed by atoms with E-state index in [1.165, 1.54) is 12.4 Å². The largest absolute Gasteiger partial charge is 0.480 e. The first-order valence-electron chi connectivity index (χ1n) is 6.43. The molecule has 0 fully saturated rings. The average Bonchev–Trinajstić information content (AvgIpc) is 2.76. The van der Waals surface area contributed by atoms with E-state index in [2.05, 4.69) is 29.6 Å². The number of nitrogens with zero attached hydrogens (tertiary/aromatic N) is 3. The van der Waals surface area contributed by atoms with Gasteiger partial charge < -0.3 is 14.0 Å². The molecule has 0 aliphatic carbocycles. The first-order valence-corrected chi connectivity index (χ1v) is 10.1. The molecule has 2 aromatic rings. The molecule has 2 heterocycles. The van der Waals surface area contributed by atoms with E-state index < -0.39 is 8.07 Å². The highest BCUT2D eigenvalue weighted by atomic mass is 28.3. The topological polar surface area (TPSA) is 49.2 Å². The van der Waals surface area contributed by atoms with Crippen LogP contribution in [0.2, 0.25) is 25.7 Å². The van der Waals surface area contributed by atoms with Crippen LogP contribution in [0.1, 0.15) is 0 Å². The first-order chi connectivity index (χ1) is 9.01. The highest BCUT2D eigenvalue weighted by Gasteiger charge is 2.12. The minimum Gasteiger partial charge on any atom is -0.480 e. The van der Waals surface area contributed by atoms with Crippen molar-refractivity contribution in [2.45, 2.75) is 32.4 Å². The molecule has 0 N–H and O–H groups in total. The third-order valence-electron chi connectivity index (χ3n) is 2.94. The van der Waals surface area contributed by atoms with Crippen molar-refractivity contribution in [3.63, 3.8) is 0 Å². The van der Waals surface area contributed by atoms with Crippen LogP contribution in [0.15, 0.2) is 18.6 Å². The maximum Gasteiger partial charge on any atom is 0.225 e. The molecular weight excluding hydrogens is 258 g/mol. The smallest absolute Gasteiger partial charge is 0.225 e. The molecule has 0 amide bonds. The van der Waals surface area contributed by atoms with Crippen molar-refractivity contribution in [3.8, 4) is 5.88 Å². The van der Waals surface area contributed by atoms with Crippen molar-refractivity contribution in [2.75, 3.05) is 13.7 Å². The van der Waals surface area contributed by atoms with Gasteiger partial charge in [0, 0.05) is 20.9 Å². The second kappa shape index (κ2) is 5.71. The highest BCUT2D eigenvalue weighted by Crippen LogP contribution is 2.21. The van der Waals surface area contributed by atoms with Gasteiger partial charge in [-0.05, 0) is 12.1 Å². The van der Waals surface area contributed by atoms with Crippen LogP contribution in [-0.4, -0.2) is 36.3 Å². The molecule has 2 aromatic heterocycles. The summed E-state index contributed by atoms with van der Waals surface area (Å²) in [6.45, 7) is 8.37. The van der Waals surface area contributed by atoms with Gasteiger partial charge in [0.05, 0.1) is 12.5 Å². The average molecular weight is 279 g/mol. The summed E-state index contributed by atoms with van der Waals surface area (Å²) >= 11 is 0. The fraction of sp³-hybridized carbons (Fsp3) is 0.538. The van der Waals surface area contributed by atoms with Crippen molar-refractivity contribution in [1.82, 2.24) is 14.5 Å². The summed E-state index contributed by atoms with van der Waals surface area (Å²) < 4.78 is 12.9. The lowest BCUT2D eigenvalue weighted by molar-refractivity contribution is 0.0898. The third-order valence-corrected chi connectivity index (χ3v) is 4.64. The molecule has 0 radical (unpaired) electrons. The summed E-state index contributed by atoms with van der Waals surface area (Å²) in [5.74, 6) is 0.603. The number of hydrogen-bond donors (Lipinski definition) is 0. The lowest BCUT2D eigenvalue weighted by Gasteiger charge is -2.15. The Hall–Kier alpha value is -1.40. The predicted octanol–water partition coefficient (Wildman–Crippen LogP) is 2.75. The quantitative estimate of drug-likeness (QED) is 0.602. The number of hydrogen-bond acceptors (Lipinski definition) is 4. The van der Waals surface area contributed by atoms with Crippen molar-refractivity contribution in [1.29, 1.82) is 0 Å². The Morgan fingerprint density at radius 1 is 1.26 bits per heavy atom. The summed E-state index contributed by atoms with van der Waals surface area (Å²) in [6, 6.07) is 3.13. The minimum atomic E-state index is -1.03. The molecule has 5 nitrogen and oxygen atoms in total. The van der Waals surface area contributed by atoms with Crippen LogP contribution in [0.3, 0.4) is 0 Å². The molecule has 2 rings (SSSR count). The van der Waals surface area contributed by atoms with Crippen LogP contribution in [0, 0.1) is 0 Å². The Labute approximate surface area is 114 Å². The normalized spacial score (nSPS) is 12.0. The van der Waals surface area contributed by atoms with Crippen molar-refractivity contribution in [2.24, 2.45) is 0 Å². The van der Waals surface area contributed by atoms with E-state index in [-0.39, 0.29) is 0 Å². The summed E-state index contributed by atoms with van der Waals surface area (Å²) in [7, 11) is 0.587. The number of aromatic nitrogens is 3. The van der Waals surface area contributed by atoms with E-state index in [4.69, 9.17) is 9.47 Å². The van der Waals surface area contributed by atoms with Gasteiger partial charge in [0.2, 0.25) is 5.88 Å². The minimum absolute atomic E-state index is 0.522. The zero-order valence-corrected chi connectivity index (χ0v) is 13.0.